The Kier molecular flexibility index (Phi) is 4.31. The van der Waals surface area contributed by atoms with E-state index in [9.17, 15) is 18.0 Å². The number of hydrogen-bond acceptors (Lipinski definition) is 3. The summed E-state index contributed by atoms with van der Waals surface area (Å²) >= 11 is 0. The summed E-state index contributed by atoms with van der Waals surface area (Å²) in [7, 11) is 1.77. The maximum absolute atomic E-state index is 13.3. The highest BCUT2D eigenvalue weighted by atomic mass is 19.4. The van der Waals surface area contributed by atoms with Crippen LogP contribution < -0.4 is 5.32 Å². The van der Waals surface area contributed by atoms with E-state index in [-0.39, 0.29) is 5.56 Å². The minimum absolute atomic E-state index is 0.0221. The second kappa shape index (κ2) is 6.27. The third kappa shape index (κ3) is 3.28. The van der Waals surface area contributed by atoms with E-state index in [1.807, 2.05) is 0 Å². The maximum atomic E-state index is 13.3. The number of aromatic nitrogens is 2. The van der Waals surface area contributed by atoms with Crippen molar-refractivity contribution in [2.45, 2.75) is 18.8 Å². The number of hydrogen-bond donors (Lipinski definition) is 1. The summed E-state index contributed by atoms with van der Waals surface area (Å²) in [6.45, 7) is 1.24. The van der Waals surface area contributed by atoms with Crippen LogP contribution in [0.25, 0.3) is 0 Å². The van der Waals surface area contributed by atoms with Gasteiger partial charge in [-0.15, -0.1) is 0 Å². The average molecular weight is 338 g/mol. The number of carbonyl (C=O) groups excluding carboxylic acids is 1. The van der Waals surface area contributed by atoms with Crippen molar-refractivity contribution in [3.8, 4) is 0 Å². The first kappa shape index (κ1) is 16.5. The van der Waals surface area contributed by atoms with Gasteiger partial charge in [0, 0.05) is 38.4 Å². The minimum atomic E-state index is -4.51. The van der Waals surface area contributed by atoms with Gasteiger partial charge < -0.3 is 5.32 Å². The van der Waals surface area contributed by atoms with E-state index in [2.05, 4.69) is 10.4 Å². The fourth-order valence-electron chi connectivity index (χ4n) is 3.00. The molecule has 1 aliphatic heterocycles. The van der Waals surface area contributed by atoms with Gasteiger partial charge in [0.2, 0.25) is 5.91 Å². The van der Waals surface area contributed by atoms with Crippen molar-refractivity contribution in [1.29, 1.82) is 0 Å². The molecule has 24 heavy (non-hydrogen) atoms. The molecule has 1 saturated heterocycles. The molecule has 1 aromatic carbocycles. The fraction of sp³-hybridized carbons (Fsp3) is 0.375. The summed E-state index contributed by atoms with van der Waals surface area (Å²) in [5.74, 6) is -0.415. The topological polar surface area (TPSA) is 50.2 Å². The van der Waals surface area contributed by atoms with Crippen LogP contribution in [0.5, 0.6) is 0 Å². The molecule has 3 rings (SSSR count). The number of benzene rings is 1. The summed E-state index contributed by atoms with van der Waals surface area (Å²) in [5.41, 5.74) is 0.0519. The molecular formula is C16H17F3N4O. The Morgan fingerprint density at radius 1 is 1.33 bits per heavy atom. The molecule has 1 fully saturated rings. The number of piperazine rings is 1. The molecule has 1 atom stereocenters. The van der Waals surface area contributed by atoms with Crippen LogP contribution in [0.15, 0.2) is 36.7 Å². The second-order valence-electron chi connectivity index (χ2n) is 5.77. The third-order valence-corrected chi connectivity index (χ3v) is 4.02. The normalized spacial score (nSPS) is 19.3. The Hall–Kier alpha value is -2.35. The van der Waals surface area contributed by atoms with Gasteiger partial charge in [0.1, 0.15) is 6.04 Å². The summed E-state index contributed by atoms with van der Waals surface area (Å²) in [4.78, 5) is 14.1. The summed E-state index contributed by atoms with van der Waals surface area (Å²) in [5, 5.41) is 6.73. The van der Waals surface area contributed by atoms with Crippen molar-refractivity contribution in [1.82, 2.24) is 20.0 Å². The van der Waals surface area contributed by atoms with Gasteiger partial charge in [0.15, 0.2) is 0 Å². The van der Waals surface area contributed by atoms with E-state index < -0.39 is 23.7 Å². The summed E-state index contributed by atoms with van der Waals surface area (Å²) < 4.78 is 41.6. The van der Waals surface area contributed by atoms with Crippen LogP contribution >= 0.6 is 0 Å². The molecule has 128 valence electrons. The van der Waals surface area contributed by atoms with Gasteiger partial charge in [-0.05, 0) is 11.6 Å². The zero-order valence-electron chi connectivity index (χ0n) is 13.0. The van der Waals surface area contributed by atoms with Crippen LogP contribution in [0, 0.1) is 0 Å². The van der Waals surface area contributed by atoms with Gasteiger partial charge in [-0.1, -0.05) is 18.2 Å². The van der Waals surface area contributed by atoms with Gasteiger partial charge in [-0.3, -0.25) is 14.4 Å². The van der Waals surface area contributed by atoms with Crippen molar-refractivity contribution < 1.29 is 18.0 Å². The third-order valence-electron chi connectivity index (χ3n) is 4.02. The molecule has 1 aliphatic rings. The van der Waals surface area contributed by atoms with Crippen molar-refractivity contribution in [3.05, 3.63) is 53.3 Å². The highest BCUT2D eigenvalue weighted by molar-refractivity contribution is 5.84. The molecule has 8 heteroatoms. The molecule has 0 spiro atoms. The molecule has 1 aromatic heterocycles. The highest BCUT2D eigenvalue weighted by Gasteiger charge is 2.40. The monoisotopic (exact) mass is 338 g/mol. The number of alkyl halides is 3. The number of nitrogens with zero attached hydrogens (tertiary/aromatic N) is 3. The van der Waals surface area contributed by atoms with Crippen molar-refractivity contribution >= 4 is 5.91 Å². The number of nitrogens with one attached hydrogen (secondary N) is 1. The predicted molar refractivity (Wildman–Crippen MR) is 80.8 cm³/mol. The lowest BCUT2D eigenvalue weighted by atomic mass is 9.96. The molecule has 1 N–H and O–H groups in total. The number of amides is 1. The average Bonchev–Trinajstić information content (AvgIpc) is 2.92. The molecule has 0 saturated carbocycles. The van der Waals surface area contributed by atoms with Gasteiger partial charge >= 0.3 is 6.18 Å². The number of rotatable bonds is 3. The zero-order chi connectivity index (χ0) is 17.3. The van der Waals surface area contributed by atoms with E-state index in [4.69, 9.17) is 0 Å². The molecule has 5 nitrogen and oxygen atoms in total. The summed E-state index contributed by atoms with van der Waals surface area (Å²) in [6.07, 6.45) is -1.06. The van der Waals surface area contributed by atoms with Gasteiger partial charge in [-0.25, -0.2) is 0 Å². The van der Waals surface area contributed by atoms with E-state index in [1.54, 1.807) is 29.0 Å². The predicted octanol–water partition coefficient (Wildman–Crippen LogP) is 2.11. The number of aryl methyl sites for hydroxylation is 1. The number of carbonyl (C=O) groups is 1. The van der Waals surface area contributed by atoms with E-state index in [1.165, 1.54) is 18.2 Å². The van der Waals surface area contributed by atoms with Crippen LogP contribution in [0.1, 0.15) is 22.7 Å². The van der Waals surface area contributed by atoms with Crippen LogP contribution in [-0.2, 0) is 24.6 Å². The first-order valence-corrected chi connectivity index (χ1v) is 7.51. The van der Waals surface area contributed by atoms with Crippen molar-refractivity contribution in [3.63, 3.8) is 0 Å². The highest BCUT2D eigenvalue weighted by Crippen LogP contribution is 2.37. The Morgan fingerprint density at radius 3 is 2.75 bits per heavy atom. The van der Waals surface area contributed by atoms with Crippen molar-refractivity contribution in [2.75, 3.05) is 13.1 Å². The van der Waals surface area contributed by atoms with E-state index in [0.717, 1.165) is 11.6 Å². The molecular weight excluding hydrogens is 321 g/mol. The largest absolute Gasteiger partial charge is 0.416 e. The fourth-order valence-corrected chi connectivity index (χ4v) is 3.00. The van der Waals surface area contributed by atoms with Crippen molar-refractivity contribution in [2.24, 2.45) is 7.05 Å². The second-order valence-corrected chi connectivity index (χ2v) is 5.77. The lowest BCUT2D eigenvalue weighted by Gasteiger charge is -2.36. The van der Waals surface area contributed by atoms with E-state index in [0.29, 0.717) is 19.6 Å². The molecule has 0 bridgehead atoms. The Balaban J connectivity index is 1.97. The molecule has 2 aromatic rings. The van der Waals surface area contributed by atoms with Gasteiger partial charge in [0.25, 0.3) is 0 Å². The Labute approximate surface area is 137 Å². The van der Waals surface area contributed by atoms with Gasteiger partial charge in [-0.2, -0.15) is 18.3 Å². The smallest absolute Gasteiger partial charge is 0.353 e. The van der Waals surface area contributed by atoms with Crippen LogP contribution in [0.2, 0.25) is 0 Å². The molecule has 1 amide bonds. The first-order chi connectivity index (χ1) is 11.4. The Morgan fingerprint density at radius 2 is 2.08 bits per heavy atom. The molecule has 0 unspecified atom stereocenters. The minimum Gasteiger partial charge on any atom is -0.353 e. The zero-order valence-corrected chi connectivity index (χ0v) is 13.0. The first-order valence-electron chi connectivity index (χ1n) is 7.51. The Bertz CT molecular complexity index is 741. The van der Waals surface area contributed by atoms with Crippen LogP contribution in [-0.4, -0.2) is 33.7 Å². The van der Waals surface area contributed by atoms with E-state index >= 15 is 0 Å². The molecule has 0 aliphatic carbocycles. The number of halogens is 3. The van der Waals surface area contributed by atoms with Gasteiger partial charge in [0.05, 0.1) is 11.8 Å². The molecule has 0 radical (unpaired) electrons. The quantitative estimate of drug-likeness (QED) is 0.933. The standard InChI is InChI=1S/C16H17F3N4O/c1-22-9-11(8-21-22)10-23-7-6-20-15(24)14(23)12-4-2-3-5-13(12)16(17,18)19/h2-5,8-9,14H,6-7,10H2,1H3,(H,20,24)/t14-/m0/s1. The maximum Gasteiger partial charge on any atom is 0.416 e. The molecule has 2 heterocycles. The summed E-state index contributed by atoms with van der Waals surface area (Å²) in [6, 6.07) is 4.26. The lowest BCUT2D eigenvalue weighted by Crippen LogP contribution is -2.49. The lowest BCUT2D eigenvalue weighted by molar-refractivity contribution is -0.140. The van der Waals surface area contributed by atoms with Crippen LogP contribution in [0.3, 0.4) is 0 Å². The SMILES string of the molecule is Cn1cc(CN2CCNC(=O)[C@@H]2c2ccccc2C(F)(F)F)cn1. The van der Waals surface area contributed by atoms with Crippen LogP contribution in [0.4, 0.5) is 13.2 Å².